The Labute approximate surface area is 132 Å². The van der Waals surface area contributed by atoms with Crippen molar-refractivity contribution in [3.05, 3.63) is 34.1 Å². The first-order valence-corrected chi connectivity index (χ1v) is 7.73. The van der Waals surface area contributed by atoms with E-state index in [0.29, 0.717) is 18.5 Å². The molecule has 0 saturated heterocycles. The molecule has 0 unspecified atom stereocenters. The summed E-state index contributed by atoms with van der Waals surface area (Å²) in [6.45, 7) is 2.31. The summed E-state index contributed by atoms with van der Waals surface area (Å²) in [5.41, 5.74) is 0.461. The van der Waals surface area contributed by atoms with Crippen LogP contribution in [0, 0.1) is 5.82 Å². The Morgan fingerprint density at radius 1 is 1.19 bits per heavy atom. The minimum absolute atomic E-state index is 0.0382. The van der Waals surface area contributed by atoms with Crippen LogP contribution in [0.2, 0.25) is 0 Å². The maximum atomic E-state index is 13.5. The van der Waals surface area contributed by atoms with Crippen molar-refractivity contribution in [1.82, 2.24) is 10.6 Å². The first kappa shape index (κ1) is 17.6. The number of halogens is 2. The van der Waals surface area contributed by atoms with E-state index in [2.05, 4.69) is 26.6 Å². The number of rotatable bonds is 8. The molecule has 0 aromatic heterocycles. The van der Waals surface area contributed by atoms with Crippen LogP contribution in [0.1, 0.15) is 38.2 Å². The predicted molar refractivity (Wildman–Crippen MR) is 83.1 cm³/mol. The first-order chi connectivity index (χ1) is 9.99. The molecule has 21 heavy (non-hydrogen) atoms. The third-order valence-corrected chi connectivity index (χ3v) is 3.43. The van der Waals surface area contributed by atoms with Crippen molar-refractivity contribution in [3.63, 3.8) is 0 Å². The van der Waals surface area contributed by atoms with Gasteiger partial charge in [-0.3, -0.25) is 9.59 Å². The Balaban J connectivity index is 2.16. The van der Waals surface area contributed by atoms with Crippen LogP contribution >= 0.6 is 15.9 Å². The van der Waals surface area contributed by atoms with Gasteiger partial charge in [0.2, 0.25) is 11.8 Å². The third-order valence-electron chi connectivity index (χ3n) is 2.94. The normalized spacial score (nSPS) is 10.2. The molecule has 2 amide bonds. The summed E-state index contributed by atoms with van der Waals surface area (Å²) in [4.78, 5) is 22.3. The Morgan fingerprint density at radius 2 is 1.95 bits per heavy atom. The smallest absolute Gasteiger partial charge is 0.220 e. The van der Waals surface area contributed by atoms with E-state index in [1.165, 1.54) is 13.0 Å². The minimum atomic E-state index is -0.325. The fourth-order valence-electron chi connectivity index (χ4n) is 1.81. The summed E-state index contributed by atoms with van der Waals surface area (Å²) in [6.07, 6.45) is 2.90. The summed E-state index contributed by atoms with van der Waals surface area (Å²) < 4.78 is 14.3. The zero-order chi connectivity index (χ0) is 15.7. The van der Waals surface area contributed by atoms with Crippen molar-refractivity contribution >= 4 is 27.7 Å². The maximum absolute atomic E-state index is 13.5. The van der Waals surface area contributed by atoms with Crippen molar-refractivity contribution in [1.29, 1.82) is 0 Å². The van der Waals surface area contributed by atoms with Crippen molar-refractivity contribution in [2.24, 2.45) is 0 Å². The second kappa shape index (κ2) is 9.50. The first-order valence-electron chi connectivity index (χ1n) is 6.94. The van der Waals surface area contributed by atoms with Gasteiger partial charge in [0.15, 0.2) is 0 Å². The largest absolute Gasteiger partial charge is 0.356 e. The van der Waals surface area contributed by atoms with Crippen LogP contribution in [0.4, 0.5) is 4.39 Å². The Bertz CT molecular complexity index is 495. The maximum Gasteiger partial charge on any atom is 0.220 e. The molecule has 0 spiro atoms. The SMILES string of the molecule is CC(=O)NCCCCCC(=O)NCc1cc(Br)ccc1F. The fourth-order valence-corrected chi connectivity index (χ4v) is 2.22. The van der Waals surface area contributed by atoms with E-state index in [0.717, 1.165) is 23.7 Å². The van der Waals surface area contributed by atoms with E-state index in [4.69, 9.17) is 0 Å². The number of hydrogen-bond donors (Lipinski definition) is 2. The van der Waals surface area contributed by atoms with E-state index >= 15 is 0 Å². The quantitative estimate of drug-likeness (QED) is 0.702. The van der Waals surface area contributed by atoms with Gasteiger partial charge < -0.3 is 10.6 Å². The molecule has 4 nitrogen and oxygen atoms in total. The monoisotopic (exact) mass is 358 g/mol. The van der Waals surface area contributed by atoms with E-state index < -0.39 is 0 Å². The molecular formula is C15H20BrFN2O2. The average molecular weight is 359 g/mol. The summed E-state index contributed by atoms with van der Waals surface area (Å²) in [6, 6.07) is 4.65. The number of carbonyl (C=O) groups excluding carboxylic acids is 2. The highest BCUT2D eigenvalue weighted by molar-refractivity contribution is 9.10. The van der Waals surface area contributed by atoms with Gasteiger partial charge in [0.05, 0.1) is 0 Å². The zero-order valence-corrected chi connectivity index (χ0v) is 13.6. The highest BCUT2D eigenvalue weighted by Gasteiger charge is 2.05. The van der Waals surface area contributed by atoms with Crippen LogP contribution in [-0.2, 0) is 16.1 Å². The zero-order valence-electron chi connectivity index (χ0n) is 12.0. The second-order valence-corrected chi connectivity index (χ2v) is 5.72. The summed E-state index contributed by atoms with van der Waals surface area (Å²) in [5.74, 6) is -0.452. The number of benzene rings is 1. The standard InChI is InChI=1S/C15H20BrFN2O2/c1-11(20)18-8-4-2-3-5-15(21)19-10-12-9-13(16)6-7-14(12)17/h6-7,9H,2-5,8,10H2,1H3,(H,18,20)(H,19,21). The van der Waals surface area contributed by atoms with Gasteiger partial charge in [0.25, 0.3) is 0 Å². The molecule has 0 aliphatic heterocycles. The summed E-state index contributed by atoms with van der Waals surface area (Å²) in [7, 11) is 0. The molecule has 0 radical (unpaired) electrons. The molecule has 0 fully saturated rings. The summed E-state index contributed by atoms with van der Waals surface area (Å²) >= 11 is 3.27. The van der Waals surface area contributed by atoms with Gasteiger partial charge in [0.1, 0.15) is 5.82 Å². The second-order valence-electron chi connectivity index (χ2n) is 4.81. The van der Waals surface area contributed by atoms with Gasteiger partial charge in [0, 0.05) is 36.5 Å². The van der Waals surface area contributed by atoms with Crippen LogP contribution in [-0.4, -0.2) is 18.4 Å². The average Bonchev–Trinajstić information content (AvgIpc) is 2.43. The lowest BCUT2D eigenvalue weighted by Crippen LogP contribution is -2.23. The van der Waals surface area contributed by atoms with Gasteiger partial charge in [-0.2, -0.15) is 0 Å². The molecule has 6 heteroatoms. The van der Waals surface area contributed by atoms with Crippen molar-refractivity contribution in [3.8, 4) is 0 Å². The molecule has 1 rings (SSSR count). The molecule has 0 bridgehead atoms. The Hall–Kier alpha value is -1.43. The lowest BCUT2D eigenvalue weighted by molar-refractivity contribution is -0.121. The number of hydrogen-bond acceptors (Lipinski definition) is 2. The molecule has 2 N–H and O–H groups in total. The Kier molecular flexibility index (Phi) is 7.97. The minimum Gasteiger partial charge on any atom is -0.356 e. The van der Waals surface area contributed by atoms with Gasteiger partial charge in [-0.05, 0) is 31.0 Å². The van der Waals surface area contributed by atoms with Gasteiger partial charge in [-0.15, -0.1) is 0 Å². The van der Waals surface area contributed by atoms with E-state index in [-0.39, 0.29) is 24.2 Å². The van der Waals surface area contributed by atoms with Crippen LogP contribution in [0.25, 0.3) is 0 Å². The lowest BCUT2D eigenvalue weighted by Gasteiger charge is -2.07. The van der Waals surface area contributed by atoms with Gasteiger partial charge in [-0.1, -0.05) is 22.4 Å². The fraction of sp³-hybridized carbons (Fsp3) is 0.467. The molecule has 116 valence electrons. The predicted octanol–water partition coefficient (Wildman–Crippen LogP) is 2.90. The van der Waals surface area contributed by atoms with Crippen LogP contribution in [0.15, 0.2) is 22.7 Å². The topological polar surface area (TPSA) is 58.2 Å². The number of carbonyl (C=O) groups is 2. The van der Waals surface area contributed by atoms with Crippen molar-refractivity contribution < 1.29 is 14.0 Å². The van der Waals surface area contributed by atoms with Gasteiger partial charge >= 0.3 is 0 Å². The van der Waals surface area contributed by atoms with Crippen molar-refractivity contribution in [2.75, 3.05) is 6.54 Å². The summed E-state index contributed by atoms with van der Waals surface area (Å²) in [5, 5.41) is 5.41. The highest BCUT2D eigenvalue weighted by Crippen LogP contribution is 2.15. The number of nitrogens with one attached hydrogen (secondary N) is 2. The van der Waals surface area contributed by atoms with E-state index in [1.54, 1.807) is 12.1 Å². The molecule has 0 saturated carbocycles. The van der Waals surface area contributed by atoms with E-state index in [9.17, 15) is 14.0 Å². The van der Waals surface area contributed by atoms with Gasteiger partial charge in [-0.25, -0.2) is 4.39 Å². The highest BCUT2D eigenvalue weighted by atomic mass is 79.9. The van der Waals surface area contributed by atoms with Crippen LogP contribution in [0.3, 0.4) is 0 Å². The Morgan fingerprint density at radius 3 is 2.67 bits per heavy atom. The molecule has 0 atom stereocenters. The molecular weight excluding hydrogens is 339 g/mol. The molecule has 0 aliphatic carbocycles. The molecule has 0 aliphatic rings. The molecule has 0 heterocycles. The van der Waals surface area contributed by atoms with Crippen molar-refractivity contribution in [2.45, 2.75) is 39.2 Å². The molecule has 1 aromatic rings. The molecule has 1 aromatic carbocycles. The third kappa shape index (κ3) is 7.80. The van der Waals surface area contributed by atoms with E-state index in [1.807, 2.05) is 0 Å². The van der Waals surface area contributed by atoms with Crippen LogP contribution < -0.4 is 10.6 Å². The number of unbranched alkanes of at least 4 members (excludes halogenated alkanes) is 2. The lowest BCUT2D eigenvalue weighted by atomic mass is 10.1. The number of amides is 2. The van der Waals surface area contributed by atoms with Crippen LogP contribution in [0.5, 0.6) is 0 Å².